The van der Waals surface area contributed by atoms with E-state index in [1.165, 1.54) is 19.3 Å². The topological polar surface area (TPSA) is 55.1 Å². The van der Waals surface area contributed by atoms with Gasteiger partial charge in [0.05, 0.1) is 0 Å². The Bertz CT molecular complexity index is 206. The molecule has 3 heteroatoms. The van der Waals surface area contributed by atoms with Gasteiger partial charge in [0.25, 0.3) is 0 Å². The SMILES string of the molecule is CCC(C)(CN)NC(=O)C1CCCCC1. The molecule has 15 heavy (non-hydrogen) atoms. The Kier molecular flexibility index (Phi) is 4.58. The minimum atomic E-state index is -0.214. The van der Waals surface area contributed by atoms with E-state index in [0.29, 0.717) is 6.54 Å². The smallest absolute Gasteiger partial charge is 0.223 e. The van der Waals surface area contributed by atoms with Crippen molar-refractivity contribution in [2.75, 3.05) is 6.54 Å². The van der Waals surface area contributed by atoms with Crippen LogP contribution in [0.2, 0.25) is 0 Å². The lowest BCUT2D eigenvalue weighted by Gasteiger charge is -2.31. The number of rotatable bonds is 4. The molecule has 0 spiro atoms. The first-order valence-corrected chi connectivity index (χ1v) is 6.13. The van der Waals surface area contributed by atoms with Gasteiger partial charge in [0.15, 0.2) is 0 Å². The Balaban J connectivity index is 2.46. The first-order valence-electron chi connectivity index (χ1n) is 6.13. The molecule has 1 aliphatic rings. The van der Waals surface area contributed by atoms with Crippen LogP contribution in [-0.4, -0.2) is 18.0 Å². The van der Waals surface area contributed by atoms with E-state index in [1.807, 2.05) is 6.92 Å². The fraction of sp³-hybridized carbons (Fsp3) is 0.917. The molecule has 0 saturated heterocycles. The van der Waals surface area contributed by atoms with Gasteiger partial charge in [-0.1, -0.05) is 26.2 Å². The molecular formula is C12H24N2O. The van der Waals surface area contributed by atoms with Crippen LogP contribution in [0, 0.1) is 5.92 Å². The highest BCUT2D eigenvalue weighted by atomic mass is 16.2. The number of hydrogen-bond donors (Lipinski definition) is 2. The fourth-order valence-electron chi connectivity index (χ4n) is 2.05. The van der Waals surface area contributed by atoms with Gasteiger partial charge < -0.3 is 11.1 Å². The summed E-state index contributed by atoms with van der Waals surface area (Å²) >= 11 is 0. The second-order valence-corrected chi connectivity index (χ2v) is 4.94. The molecule has 0 heterocycles. The van der Waals surface area contributed by atoms with E-state index in [4.69, 9.17) is 5.73 Å². The molecule has 3 nitrogen and oxygen atoms in total. The zero-order valence-electron chi connectivity index (χ0n) is 10.0. The van der Waals surface area contributed by atoms with E-state index >= 15 is 0 Å². The van der Waals surface area contributed by atoms with Crippen LogP contribution in [0.3, 0.4) is 0 Å². The summed E-state index contributed by atoms with van der Waals surface area (Å²) < 4.78 is 0. The maximum atomic E-state index is 12.0. The molecule has 0 aromatic carbocycles. The Hall–Kier alpha value is -0.570. The Morgan fingerprint density at radius 1 is 1.40 bits per heavy atom. The van der Waals surface area contributed by atoms with Crippen molar-refractivity contribution in [1.82, 2.24) is 5.32 Å². The zero-order valence-corrected chi connectivity index (χ0v) is 10.0. The van der Waals surface area contributed by atoms with Gasteiger partial charge in [0, 0.05) is 18.0 Å². The summed E-state index contributed by atoms with van der Waals surface area (Å²) in [5.41, 5.74) is 5.47. The van der Waals surface area contributed by atoms with Crippen LogP contribution in [0.25, 0.3) is 0 Å². The van der Waals surface area contributed by atoms with Crippen molar-refractivity contribution in [2.24, 2.45) is 11.7 Å². The quantitative estimate of drug-likeness (QED) is 0.746. The van der Waals surface area contributed by atoms with Crippen molar-refractivity contribution in [3.63, 3.8) is 0 Å². The van der Waals surface area contributed by atoms with Crippen molar-refractivity contribution >= 4 is 5.91 Å². The highest BCUT2D eigenvalue weighted by Crippen LogP contribution is 2.24. The molecule has 0 aromatic rings. The second-order valence-electron chi connectivity index (χ2n) is 4.94. The summed E-state index contributed by atoms with van der Waals surface area (Å²) in [7, 11) is 0. The van der Waals surface area contributed by atoms with Crippen molar-refractivity contribution < 1.29 is 4.79 Å². The van der Waals surface area contributed by atoms with Gasteiger partial charge in [-0.3, -0.25) is 4.79 Å². The monoisotopic (exact) mass is 212 g/mol. The lowest BCUT2D eigenvalue weighted by Crippen LogP contribution is -2.52. The number of amides is 1. The third-order valence-electron chi connectivity index (χ3n) is 3.63. The first kappa shape index (κ1) is 12.5. The molecule has 0 bridgehead atoms. The standard InChI is InChI=1S/C12H24N2O/c1-3-12(2,9-13)14-11(15)10-7-5-4-6-8-10/h10H,3-9,13H2,1-2H3,(H,14,15). The van der Waals surface area contributed by atoms with E-state index in [-0.39, 0.29) is 17.4 Å². The number of nitrogens with one attached hydrogen (secondary N) is 1. The number of nitrogens with two attached hydrogens (primary N) is 1. The minimum Gasteiger partial charge on any atom is -0.349 e. The summed E-state index contributed by atoms with van der Waals surface area (Å²) in [6.07, 6.45) is 6.67. The normalized spacial score (nSPS) is 22.1. The maximum absolute atomic E-state index is 12.0. The van der Waals surface area contributed by atoms with E-state index in [2.05, 4.69) is 12.2 Å². The summed E-state index contributed by atoms with van der Waals surface area (Å²) in [6.45, 7) is 4.60. The third kappa shape index (κ3) is 3.49. The predicted octanol–water partition coefficient (Wildman–Crippen LogP) is 1.81. The summed E-state index contributed by atoms with van der Waals surface area (Å²) in [6, 6.07) is 0. The van der Waals surface area contributed by atoms with Crippen LogP contribution in [0.15, 0.2) is 0 Å². The molecule has 0 radical (unpaired) electrons. The van der Waals surface area contributed by atoms with Crippen LogP contribution in [-0.2, 0) is 4.79 Å². The molecular weight excluding hydrogens is 188 g/mol. The van der Waals surface area contributed by atoms with Crippen molar-refractivity contribution in [3.05, 3.63) is 0 Å². The predicted molar refractivity (Wildman–Crippen MR) is 62.5 cm³/mol. The van der Waals surface area contributed by atoms with Gasteiger partial charge in [-0.05, 0) is 26.2 Å². The van der Waals surface area contributed by atoms with Crippen molar-refractivity contribution in [2.45, 2.75) is 57.9 Å². The molecule has 1 aliphatic carbocycles. The molecule has 1 atom stereocenters. The lowest BCUT2D eigenvalue weighted by atomic mass is 9.87. The zero-order chi connectivity index (χ0) is 11.3. The van der Waals surface area contributed by atoms with Crippen molar-refractivity contribution in [3.8, 4) is 0 Å². The summed E-state index contributed by atoms with van der Waals surface area (Å²) in [5, 5.41) is 3.10. The van der Waals surface area contributed by atoms with E-state index in [1.54, 1.807) is 0 Å². The lowest BCUT2D eigenvalue weighted by molar-refractivity contribution is -0.127. The minimum absolute atomic E-state index is 0.213. The van der Waals surface area contributed by atoms with E-state index < -0.39 is 0 Å². The van der Waals surface area contributed by atoms with Gasteiger partial charge in [-0.2, -0.15) is 0 Å². The molecule has 1 saturated carbocycles. The van der Waals surface area contributed by atoms with Gasteiger partial charge >= 0.3 is 0 Å². The molecule has 0 aliphatic heterocycles. The first-order chi connectivity index (χ1) is 7.11. The van der Waals surface area contributed by atoms with Gasteiger partial charge in [0.2, 0.25) is 5.91 Å². The molecule has 0 aromatic heterocycles. The Labute approximate surface area is 92.8 Å². The number of carbonyl (C=O) groups is 1. The second kappa shape index (κ2) is 5.50. The van der Waals surface area contributed by atoms with Crippen LogP contribution in [0.4, 0.5) is 0 Å². The van der Waals surface area contributed by atoms with Crippen molar-refractivity contribution in [1.29, 1.82) is 0 Å². The average molecular weight is 212 g/mol. The molecule has 1 unspecified atom stereocenters. The third-order valence-corrected chi connectivity index (χ3v) is 3.63. The maximum Gasteiger partial charge on any atom is 0.223 e. The van der Waals surface area contributed by atoms with Gasteiger partial charge in [0.1, 0.15) is 0 Å². The van der Waals surface area contributed by atoms with Crippen LogP contribution < -0.4 is 11.1 Å². The summed E-state index contributed by atoms with van der Waals surface area (Å²) in [4.78, 5) is 12.0. The average Bonchev–Trinajstić information content (AvgIpc) is 2.30. The van der Waals surface area contributed by atoms with E-state index in [0.717, 1.165) is 19.3 Å². The summed E-state index contributed by atoms with van der Waals surface area (Å²) in [5.74, 6) is 0.445. The molecule has 1 amide bonds. The molecule has 88 valence electrons. The van der Waals surface area contributed by atoms with Crippen LogP contribution in [0.5, 0.6) is 0 Å². The van der Waals surface area contributed by atoms with Gasteiger partial charge in [-0.25, -0.2) is 0 Å². The highest BCUT2D eigenvalue weighted by molar-refractivity contribution is 5.79. The molecule has 1 rings (SSSR count). The van der Waals surface area contributed by atoms with Crippen LogP contribution in [0.1, 0.15) is 52.4 Å². The molecule has 3 N–H and O–H groups in total. The Morgan fingerprint density at radius 3 is 2.47 bits per heavy atom. The Morgan fingerprint density at radius 2 is 2.00 bits per heavy atom. The highest BCUT2D eigenvalue weighted by Gasteiger charge is 2.27. The molecule has 1 fully saturated rings. The van der Waals surface area contributed by atoms with E-state index in [9.17, 15) is 4.79 Å². The van der Waals surface area contributed by atoms with Gasteiger partial charge in [-0.15, -0.1) is 0 Å². The fourth-order valence-corrected chi connectivity index (χ4v) is 2.05. The number of hydrogen-bond acceptors (Lipinski definition) is 2. The van der Waals surface area contributed by atoms with Crippen LogP contribution >= 0.6 is 0 Å². The number of carbonyl (C=O) groups excluding carboxylic acids is 1. The largest absolute Gasteiger partial charge is 0.349 e.